The largest absolute Gasteiger partial charge is 0.398 e. The summed E-state index contributed by atoms with van der Waals surface area (Å²) in [6.07, 6.45) is 1.84. The molecule has 3 aromatic rings. The van der Waals surface area contributed by atoms with Crippen molar-refractivity contribution in [3.63, 3.8) is 0 Å². The van der Waals surface area contributed by atoms with Crippen LogP contribution in [0.25, 0.3) is 10.8 Å². The lowest BCUT2D eigenvalue weighted by atomic mass is 10.1. The average Bonchev–Trinajstić information content (AvgIpc) is 2.78. The van der Waals surface area contributed by atoms with Crippen LogP contribution in [0.1, 0.15) is 11.4 Å². The van der Waals surface area contributed by atoms with Crippen LogP contribution in [-0.4, -0.2) is 9.97 Å². The van der Waals surface area contributed by atoms with Crippen LogP contribution in [0.3, 0.4) is 0 Å². The number of hydrogen-bond donors (Lipinski definition) is 1. The van der Waals surface area contributed by atoms with Gasteiger partial charge in [0, 0.05) is 44.3 Å². The number of benzene rings is 1. The summed E-state index contributed by atoms with van der Waals surface area (Å²) < 4.78 is 1.05. The number of pyridine rings is 1. The van der Waals surface area contributed by atoms with Crippen LogP contribution in [0.15, 0.2) is 39.0 Å². The molecule has 3 rings (SSSR count). The van der Waals surface area contributed by atoms with Crippen molar-refractivity contribution in [1.29, 1.82) is 0 Å². The second kappa shape index (κ2) is 4.83. The molecule has 2 aromatic heterocycles. The maximum Gasteiger partial charge on any atom is 0.154 e. The van der Waals surface area contributed by atoms with Crippen molar-refractivity contribution in [2.45, 2.75) is 23.1 Å². The van der Waals surface area contributed by atoms with Gasteiger partial charge in [-0.05, 0) is 32.0 Å². The van der Waals surface area contributed by atoms with Crippen molar-refractivity contribution in [2.24, 2.45) is 0 Å². The van der Waals surface area contributed by atoms with Crippen LogP contribution >= 0.6 is 23.1 Å². The number of thiazole rings is 1. The lowest BCUT2D eigenvalue weighted by Crippen LogP contribution is -1.90. The normalized spacial score (nSPS) is 11.1. The number of nitrogens with two attached hydrogens (primary N) is 1. The first-order valence-corrected chi connectivity index (χ1v) is 7.58. The lowest BCUT2D eigenvalue weighted by Gasteiger charge is -2.07. The fraction of sp³-hybridized carbons (Fsp3) is 0.143. The lowest BCUT2D eigenvalue weighted by molar-refractivity contribution is 1.16. The number of aromatic nitrogens is 2. The van der Waals surface area contributed by atoms with Gasteiger partial charge >= 0.3 is 0 Å². The van der Waals surface area contributed by atoms with Gasteiger partial charge in [-0.1, -0.05) is 11.8 Å². The van der Waals surface area contributed by atoms with Crippen LogP contribution in [0.5, 0.6) is 0 Å². The molecule has 1 aromatic carbocycles. The Balaban J connectivity index is 2.13. The zero-order valence-electron chi connectivity index (χ0n) is 10.7. The molecule has 2 heterocycles. The molecule has 0 atom stereocenters. The van der Waals surface area contributed by atoms with E-state index in [1.807, 2.05) is 26.1 Å². The maximum absolute atomic E-state index is 6.01. The van der Waals surface area contributed by atoms with Crippen LogP contribution in [-0.2, 0) is 0 Å². The first-order valence-electron chi connectivity index (χ1n) is 5.88. The Morgan fingerprint density at radius 1 is 1.16 bits per heavy atom. The van der Waals surface area contributed by atoms with Gasteiger partial charge < -0.3 is 5.73 Å². The predicted octanol–water partition coefficient (Wildman–Crippen LogP) is 4.04. The van der Waals surface area contributed by atoms with Crippen LogP contribution < -0.4 is 5.73 Å². The molecule has 0 spiro atoms. The molecule has 0 radical (unpaired) electrons. The van der Waals surface area contributed by atoms with Crippen LogP contribution in [0, 0.1) is 13.8 Å². The third-order valence-corrected chi connectivity index (χ3v) is 4.96. The van der Waals surface area contributed by atoms with E-state index < -0.39 is 0 Å². The minimum atomic E-state index is 0.766. The Hall–Kier alpha value is -1.59. The molecule has 5 heteroatoms. The Morgan fingerprint density at radius 2 is 2.00 bits per heavy atom. The Labute approximate surface area is 119 Å². The van der Waals surface area contributed by atoms with Gasteiger partial charge in [-0.15, -0.1) is 11.3 Å². The fourth-order valence-corrected chi connectivity index (χ4v) is 3.82. The van der Waals surface area contributed by atoms with E-state index in [2.05, 4.69) is 27.5 Å². The number of nitrogens with zero attached hydrogens (tertiary/aromatic N) is 2. The number of anilines is 1. The third-order valence-electron chi connectivity index (χ3n) is 2.83. The molecule has 0 aliphatic heterocycles. The zero-order valence-corrected chi connectivity index (χ0v) is 12.3. The van der Waals surface area contributed by atoms with Crippen LogP contribution in [0.4, 0.5) is 5.69 Å². The minimum Gasteiger partial charge on any atom is -0.398 e. The first-order chi connectivity index (χ1) is 9.13. The topological polar surface area (TPSA) is 51.8 Å². The highest BCUT2D eigenvalue weighted by Gasteiger charge is 2.08. The number of aryl methyl sites for hydroxylation is 2. The van der Waals surface area contributed by atoms with E-state index in [4.69, 9.17) is 5.73 Å². The van der Waals surface area contributed by atoms with E-state index in [0.717, 1.165) is 32.2 Å². The standard InChI is InChI=1S/C14H13N3S2/c1-8-5-10-11(6-16-8)12(15)3-4-13(10)19-14-17-9(2)7-18-14/h3-7H,15H2,1-2H3. The molecule has 2 N–H and O–H groups in total. The smallest absolute Gasteiger partial charge is 0.154 e. The zero-order chi connectivity index (χ0) is 13.4. The molecule has 19 heavy (non-hydrogen) atoms. The highest BCUT2D eigenvalue weighted by molar-refractivity contribution is 8.01. The minimum absolute atomic E-state index is 0.766. The molecule has 0 aliphatic rings. The summed E-state index contributed by atoms with van der Waals surface area (Å²) in [6.45, 7) is 4.00. The number of fused-ring (bicyclic) bond motifs is 1. The molecule has 0 aliphatic carbocycles. The molecule has 0 saturated heterocycles. The maximum atomic E-state index is 6.01. The summed E-state index contributed by atoms with van der Waals surface area (Å²) in [7, 11) is 0. The summed E-state index contributed by atoms with van der Waals surface area (Å²) >= 11 is 3.35. The Bertz CT molecular complexity index is 750. The molecule has 3 nitrogen and oxygen atoms in total. The Kier molecular flexibility index (Phi) is 3.16. The molecule has 96 valence electrons. The van der Waals surface area contributed by atoms with Gasteiger partial charge in [0.1, 0.15) is 0 Å². The molecular weight excluding hydrogens is 274 g/mol. The third kappa shape index (κ3) is 2.43. The van der Waals surface area contributed by atoms with Gasteiger partial charge in [-0.2, -0.15) is 0 Å². The van der Waals surface area contributed by atoms with Crippen molar-refractivity contribution >= 4 is 39.6 Å². The summed E-state index contributed by atoms with van der Waals surface area (Å²) in [5.41, 5.74) is 8.83. The van der Waals surface area contributed by atoms with Crippen LogP contribution in [0.2, 0.25) is 0 Å². The molecular formula is C14H13N3S2. The SMILES string of the molecule is Cc1cc2c(Sc3nc(C)cs3)ccc(N)c2cn1. The monoisotopic (exact) mass is 287 g/mol. The van der Waals surface area contributed by atoms with Gasteiger partial charge in [0.2, 0.25) is 0 Å². The Morgan fingerprint density at radius 3 is 2.74 bits per heavy atom. The summed E-state index contributed by atoms with van der Waals surface area (Å²) in [4.78, 5) is 9.98. The highest BCUT2D eigenvalue weighted by Crippen LogP contribution is 2.36. The van der Waals surface area contributed by atoms with E-state index >= 15 is 0 Å². The van der Waals surface area contributed by atoms with E-state index in [1.165, 1.54) is 4.90 Å². The summed E-state index contributed by atoms with van der Waals surface area (Å²) in [5, 5.41) is 4.21. The first kappa shape index (κ1) is 12.4. The van der Waals surface area contributed by atoms with Crippen molar-refractivity contribution in [1.82, 2.24) is 9.97 Å². The number of nitrogen functional groups attached to an aromatic ring is 1. The van der Waals surface area contributed by atoms with E-state index in [0.29, 0.717) is 0 Å². The quantitative estimate of drug-likeness (QED) is 0.723. The van der Waals surface area contributed by atoms with Gasteiger partial charge in [0.25, 0.3) is 0 Å². The van der Waals surface area contributed by atoms with Gasteiger partial charge in [-0.3, -0.25) is 4.98 Å². The number of hydrogen-bond acceptors (Lipinski definition) is 5. The van der Waals surface area contributed by atoms with Crippen molar-refractivity contribution in [2.75, 3.05) is 5.73 Å². The van der Waals surface area contributed by atoms with Crippen molar-refractivity contribution in [3.05, 3.63) is 41.2 Å². The molecule has 0 bridgehead atoms. The average molecular weight is 287 g/mol. The fourth-order valence-electron chi connectivity index (χ4n) is 1.90. The second-order valence-electron chi connectivity index (χ2n) is 4.38. The molecule has 0 amide bonds. The molecule has 0 saturated carbocycles. The van der Waals surface area contributed by atoms with Crippen molar-refractivity contribution < 1.29 is 0 Å². The highest BCUT2D eigenvalue weighted by atomic mass is 32.2. The second-order valence-corrected chi connectivity index (χ2v) is 6.53. The van der Waals surface area contributed by atoms with Gasteiger partial charge in [-0.25, -0.2) is 4.98 Å². The van der Waals surface area contributed by atoms with Gasteiger partial charge in [0.15, 0.2) is 4.34 Å². The van der Waals surface area contributed by atoms with E-state index in [9.17, 15) is 0 Å². The van der Waals surface area contributed by atoms with Crippen molar-refractivity contribution in [3.8, 4) is 0 Å². The molecule has 0 unspecified atom stereocenters. The molecule has 0 fully saturated rings. The van der Waals surface area contributed by atoms with Gasteiger partial charge in [0.05, 0.1) is 0 Å². The summed E-state index contributed by atoms with van der Waals surface area (Å²) in [5.74, 6) is 0. The van der Waals surface area contributed by atoms with E-state index in [1.54, 1.807) is 23.1 Å². The van der Waals surface area contributed by atoms with E-state index in [-0.39, 0.29) is 0 Å². The predicted molar refractivity (Wildman–Crippen MR) is 81.9 cm³/mol. The summed E-state index contributed by atoms with van der Waals surface area (Å²) in [6, 6.07) is 6.06. The number of rotatable bonds is 2.